The van der Waals surface area contributed by atoms with Crippen LogP contribution in [-0.4, -0.2) is 37.5 Å². The van der Waals surface area contributed by atoms with E-state index >= 15 is 0 Å². The van der Waals surface area contributed by atoms with Gasteiger partial charge in [-0.2, -0.15) is 13.2 Å². The Hall–Kier alpha value is -2.69. The number of halogens is 5. The molecule has 0 aliphatic carbocycles. The predicted octanol–water partition coefficient (Wildman–Crippen LogP) is 4.57. The van der Waals surface area contributed by atoms with Crippen LogP contribution in [0.15, 0.2) is 36.4 Å². The van der Waals surface area contributed by atoms with Crippen molar-refractivity contribution < 1.29 is 37.3 Å². The zero-order valence-electron chi connectivity index (χ0n) is 15.4. The molecule has 0 aliphatic heterocycles. The second-order valence-corrected chi connectivity index (χ2v) is 6.64. The molecule has 0 unspecified atom stereocenters. The molecule has 2 rings (SSSR count). The van der Waals surface area contributed by atoms with Crippen LogP contribution in [0.1, 0.15) is 5.56 Å². The topological polar surface area (TPSA) is 96.9 Å². The number of nitrogens with one attached hydrogen (secondary N) is 2. The van der Waals surface area contributed by atoms with E-state index in [1.165, 1.54) is 18.2 Å². The fourth-order valence-corrected chi connectivity index (χ4v) is 2.72. The van der Waals surface area contributed by atoms with Gasteiger partial charge in [0.05, 0.1) is 30.0 Å². The van der Waals surface area contributed by atoms with Crippen molar-refractivity contribution in [2.45, 2.75) is 11.8 Å². The molecule has 0 aliphatic rings. The van der Waals surface area contributed by atoms with Crippen LogP contribution < -0.4 is 15.4 Å². The number of rotatable bonds is 5. The van der Waals surface area contributed by atoms with E-state index in [1.54, 1.807) is 0 Å². The Kier molecular flexibility index (Phi) is 7.06. The predicted molar refractivity (Wildman–Crippen MR) is 104 cm³/mol. The smallest absolute Gasteiger partial charge is 0.432 e. The van der Waals surface area contributed by atoms with Crippen LogP contribution in [0, 0.1) is 0 Å². The summed E-state index contributed by atoms with van der Waals surface area (Å²) in [6.07, 6.45) is -5.37. The van der Waals surface area contributed by atoms with Crippen LogP contribution in [0.2, 0.25) is 10.0 Å². The fraction of sp³-hybridized carbons (Fsp3) is 0.222. The van der Waals surface area contributed by atoms with Gasteiger partial charge in [0, 0.05) is 11.3 Å². The van der Waals surface area contributed by atoms with Crippen LogP contribution in [-0.2, 0) is 15.1 Å². The molecule has 0 spiro atoms. The lowest BCUT2D eigenvalue weighted by atomic mass is 9.92. The summed E-state index contributed by atoms with van der Waals surface area (Å²) in [4.78, 5) is 23.8. The van der Waals surface area contributed by atoms with Crippen molar-refractivity contribution in [2.75, 3.05) is 24.9 Å². The minimum Gasteiger partial charge on any atom is -0.495 e. The Bertz CT molecular complexity index is 971. The lowest BCUT2D eigenvalue weighted by molar-refractivity contribution is -0.266. The number of alkyl halides is 3. The standard InChI is InChI=1S/C18H15Cl2F3N2O5/c1-29-14-7-9(17(28,15(26)30-2)18(21,22)23)3-6-13(14)25-16(27)24-10-4-5-11(19)12(20)8-10/h3-8,28H,1-2H3,(H2,24,25,27)/t17-/m0/s1. The number of esters is 1. The maximum absolute atomic E-state index is 13.4. The van der Waals surface area contributed by atoms with Crippen molar-refractivity contribution in [3.63, 3.8) is 0 Å². The zero-order valence-corrected chi connectivity index (χ0v) is 16.9. The number of anilines is 2. The van der Waals surface area contributed by atoms with Gasteiger partial charge in [0.1, 0.15) is 5.75 Å². The Morgan fingerprint density at radius 3 is 2.20 bits per heavy atom. The van der Waals surface area contributed by atoms with Gasteiger partial charge < -0.3 is 25.2 Å². The highest BCUT2D eigenvalue weighted by molar-refractivity contribution is 6.42. The second kappa shape index (κ2) is 8.99. The SMILES string of the molecule is COC(=O)[C@@](O)(c1ccc(NC(=O)Nc2ccc(Cl)c(Cl)c2)c(OC)c1)C(F)(F)F. The number of aliphatic hydroxyl groups is 1. The molecule has 1 atom stereocenters. The van der Waals surface area contributed by atoms with Gasteiger partial charge in [-0.1, -0.05) is 29.3 Å². The molecular weight excluding hydrogens is 452 g/mol. The number of amides is 2. The molecule has 0 heterocycles. The van der Waals surface area contributed by atoms with Crippen LogP contribution >= 0.6 is 23.2 Å². The molecule has 0 bridgehead atoms. The molecule has 0 saturated carbocycles. The highest BCUT2D eigenvalue weighted by atomic mass is 35.5. The molecule has 2 amide bonds. The van der Waals surface area contributed by atoms with Crippen LogP contribution in [0.25, 0.3) is 0 Å². The summed E-state index contributed by atoms with van der Waals surface area (Å²) in [7, 11) is 1.84. The lowest BCUT2D eigenvalue weighted by Gasteiger charge is -2.28. The number of hydrogen-bond acceptors (Lipinski definition) is 5. The zero-order chi connectivity index (χ0) is 22.7. The van der Waals surface area contributed by atoms with Crippen LogP contribution in [0.4, 0.5) is 29.3 Å². The molecule has 0 saturated heterocycles. The van der Waals surface area contributed by atoms with Gasteiger partial charge in [-0.25, -0.2) is 9.59 Å². The first-order valence-corrected chi connectivity index (χ1v) is 8.78. The first-order chi connectivity index (χ1) is 13.9. The van der Waals surface area contributed by atoms with Gasteiger partial charge in [-0.3, -0.25) is 0 Å². The number of ether oxygens (including phenoxy) is 2. The van der Waals surface area contributed by atoms with Gasteiger partial charge >= 0.3 is 18.2 Å². The van der Waals surface area contributed by atoms with E-state index in [0.717, 1.165) is 25.3 Å². The Morgan fingerprint density at radius 1 is 1.00 bits per heavy atom. The van der Waals surface area contributed by atoms with Gasteiger partial charge in [0.2, 0.25) is 0 Å². The maximum atomic E-state index is 13.4. The average molecular weight is 467 g/mol. The second-order valence-electron chi connectivity index (χ2n) is 5.82. The van der Waals surface area contributed by atoms with Crippen LogP contribution in [0.5, 0.6) is 5.75 Å². The fourth-order valence-electron chi connectivity index (χ4n) is 2.42. The first-order valence-electron chi connectivity index (χ1n) is 8.03. The lowest BCUT2D eigenvalue weighted by Crippen LogP contribution is -2.49. The molecule has 3 N–H and O–H groups in total. The highest BCUT2D eigenvalue weighted by Crippen LogP contribution is 2.42. The molecule has 30 heavy (non-hydrogen) atoms. The Morgan fingerprint density at radius 2 is 1.67 bits per heavy atom. The van der Waals surface area contributed by atoms with Crippen molar-refractivity contribution in [1.29, 1.82) is 0 Å². The number of benzene rings is 2. The molecule has 0 aromatic heterocycles. The minimum absolute atomic E-state index is 0.0341. The summed E-state index contributed by atoms with van der Waals surface area (Å²) in [5.74, 6) is -2.17. The molecule has 0 radical (unpaired) electrons. The quantitative estimate of drug-likeness (QED) is 0.560. The summed E-state index contributed by atoms with van der Waals surface area (Å²) >= 11 is 11.7. The van der Waals surface area contributed by atoms with E-state index in [9.17, 15) is 27.9 Å². The van der Waals surface area contributed by atoms with E-state index in [4.69, 9.17) is 27.9 Å². The Labute approximate surface area is 178 Å². The van der Waals surface area contributed by atoms with Gasteiger partial charge in [-0.05, 0) is 30.3 Å². The van der Waals surface area contributed by atoms with E-state index in [0.29, 0.717) is 12.8 Å². The molecule has 0 fully saturated rings. The number of urea groups is 1. The highest BCUT2D eigenvalue weighted by Gasteiger charge is 2.62. The average Bonchev–Trinajstić information content (AvgIpc) is 2.68. The molecule has 2 aromatic rings. The van der Waals surface area contributed by atoms with Crippen molar-refractivity contribution in [3.8, 4) is 5.75 Å². The minimum atomic E-state index is -5.37. The van der Waals surface area contributed by atoms with Gasteiger partial charge in [-0.15, -0.1) is 0 Å². The summed E-state index contributed by atoms with van der Waals surface area (Å²) in [5, 5.41) is 15.4. The number of hydrogen-bond donors (Lipinski definition) is 3. The van der Waals surface area contributed by atoms with E-state index in [2.05, 4.69) is 15.4 Å². The summed E-state index contributed by atoms with van der Waals surface area (Å²) in [6, 6.07) is 6.17. The van der Waals surface area contributed by atoms with Crippen molar-refractivity contribution in [3.05, 3.63) is 52.0 Å². The third kappa shape index (κ3) is 4.72. The van der Waals surface area contributed by atoms with Crippen LogP contribution in [0.3, 0.4) is 0 Å². The number of methoxy groups -OCH3 is 2. The summed E-state index contributed by atoms with van der Waals surface area (Å²) in [6.45, 7) is 0. The molecule has 12 heteroatoms. The monoisotopic (exact) mass is 466 g/mol. The summed E-state index contributed by atoms with van der Waals surface area (Å²) in [5.41, 5.74) is -4.51. The van der Waals surface area contributed by atoms with E-state index < -0.39 is 29.3 Å². The number of carbonyl (C=O) groups is 2. The maximum Gasteiger partial charge on any atom is 0.432 e. The first kappa shape index (κ1) is 23.6. The molecule has 7 nitrogen and oxygen atoms in total. The van der Waals surface area contributed by atoms with Gasteiger partial charge in [0.25, 0.3) is 5.60 Å². The summed E-state index contributed by atoms with van der Waals surface area (Å²) < 4.78 is 49.2. The molecule has 2 aromatic carbocycles. The molecular formula is C18H15Cl2F3N2O5. The van der Waals surface area contributed by atoms with Gasteiger partial charge in [0.15, 0.2) is 0 Å². The third-order valence-corrected chi connectivity index (χ3v) is 4.68. The number of carbonyl (C=O) groups excluding carboxylic acids is 2. The van der Waals surface area contributed by atoms with Crippen molar-refractivity contribution in [1.82, 2.24) is 0 Å². The molecule has 162 valence electrons. The van der Waals surface area contributed by atoms with E-state index in [1.807, 2.05) is 0 Å². The third-order valence-electron chi connectivity index (χ3n) is 3.94. The Balaban J connectivity index is 2.31. The normalized spacial score (nSPS) is 13.2. The van der Waals surface area contributed by atoms with E-state index in [-0.39, 0.29) is 21.5 Å². The van der Waals surface area contributed by atoms with Crippen molar-refractivity contribution >= 4 is 46.6 Å². The van der Waals surface area contributed by atoms with Crippen molar-refractivity contribution in [2.24, 2.45) is 0 Å². The largest absolute Gasteiger partial charge is 0.495 e.